The van der Waals surface area contributed by atoms with E-state index in [-0.39, 0.29) is 5.91 Å². The lowest BCUT2D eigenvalue weighted by atomic mass is 9.88. The molecule has 0 unspecified atom stereocenters. The Morgan fingerprint density at radius 3 is 2.81 bits per heavy atom. The summed E-state index contributed by atoms with van der Waals surface area (Å²) in [5, 5.41) is 18.2. The fourth-order valence-electron chi connectivity index (χ4n) is 2.93. The topological polar surface area (TPSA) is 70.9 Å². The summed E-state index contributed by atoms with van der Waals surface area (Å²) in [4.78, 5) is 17.8. The predicted molar refractivity (Wildman–Crippen MR) is 104 cm³/mol. The van der Waals surface area contributed by atoms with Crippen LogP contribution in [0.3, 0.4) is 0 Å². The van der Waals surface area contributed by atoms with Gasteiger partial charge in [-0.05, 0) is 37.5 Å². The van der Waals surface area contributed by atoms with Crippen LogP contribution in [0.4, 0.5) is 0 Å². The van der Waals surface area contributed by atoms with Crippen LogP contribution in [0.2, 0.25) is 5.02 Å². The molecule has 2 atom stereocenters. The van der Waals surface area contributed by atoms with E-state index in [0.29, 0.717) is 30.7 Å². The van der Waals surface area contributed by atoms with E-state index in [9.17, 15) is 9.90 Å². The minimum absolute atomic E-state index is 0.297. The quantitative estimate of drug-likeness (QED) is 0.649. The molecule has 2 N–H and O–H groups in total. The molecule has 1 aromatic carbocycles. The molecule has 140 valence electrons. The second kappa shape index (κ2) is 9.01. The highest BCUT2D eigenvalue weighted by Gasteiger charge is 2.35. The van der Waals surface area contributed by atoms with E-state index in [1.165, 1.54) is 0 Å². The molecule has 6 heteroatoms. The monoisotopic (exact) mass is 376 g/mol. The maximum absolute atomic E-state index is 12.5. The van der Waals surface area contributed by atoms with Crippen molar-refractivity contribution < 1.29 is 14.7 Å². The Kier molecular flexibility index (Phi) is 7.00. The molecule has 26 heavy (non-hydrogen) atoms. The van der Waals surface area contributed by atoms with Crippen LogP contribution < -0.4 is 5.32 Å². The number of carbonyl (C=O) groups excluding carboxylic acids is 1. The van der Waals surface area contributed by atoms with Crippen molar-refractivity contribution in [3.8, 4) is 0 Å². The number of halogens is 1. The summed E-state index contributed by atoms with van der Waals surface area (Å²) in [7, 11) is 0. The van der Waals surface area contributed by atoms with Gasteiger partial charge in [-0.25, -0.2) is 0 Å². The van der Waals surface area contributed by atoms with Crippen LogP contribution in [0.1, 0.15) is 31.7 Å². The van der Waals surface area contributed by atoms with Crippen LogP contribution in [0.5, 0.6) is 0 Å². The minimum atomic E-state index is -1.12. The van der Waals surface area contributed by atoms with Gasteiger partial charge in [0.05, 0.1) is 17.4 Å². The maximum atomic E-state index is 12.5. The number of hydrogen-bond donors (Lipinski definition) is 2. The van der Waals surface area contributed by atoms with Crippen molar-refractivity contribution >= 4 is 23.2 Å². The van der Waals surface area contributed by atoms with Gasteiger partial charge in [-0.2, -0.15) is 0 Å². The predicted octanol–water partition coefficient (Wildman–Crippen LogP) is 3.42. The third kappa shape index (κ3) is 5.19. The number of hydrogen-bond acceptors (Lipinski definition) is 4. The van der Waals surface area contributed by atoms with Crippen molar-refractivity contribution in [2.45, 2.75) is 50.4 Å². The third-order valence-electron chi connectivity index (χ3n) is 4.48. The number of aliphatic hydroxyl groups is 1. The van der Waals surface area contributed by atoms with E-state index in [4.69, 9.17) is 16.4 Å². The summed E-state index contributed by atoms with van der Waals surface area (Å²) in [5.74, 6) is -0.297. The van der Waals surface area contributed by atoms with Gasteiger partial charge >= 0.3 is 0 Å². The second-order valence-electron chi connectivity index (χ2n) is 6.58. The van der Waals surface area contributed by atoms with Crippen LogP contribution in [0.25, 0.3) is 0 Å². The largest absolute Gasteiger partial charge is 0.387 e. The molecule has 1 aliphatic heterocycles. The van der Waals surface area contributed by atoms with Gasteiger partial charge in [0.15, 0.2) is 0 Å². The smallest absolute Gasteiger partial charge is 0.264 e. The first-order chi connectivity index (χ1) is 12.4. The minimum Gasteiger partial charge on any atom is -0.387 e. The van der Waals surface area contributed by atoms with E-state index >= 15 is 0 Å². The average Bonchev–Trinajstić information content (AvgIpc) is 3.04. The van der Waals surface area contributed by atoms with E-state index < -0.39 is 17.7 Å². The van der Waals surface area contributed by atoms with Gasteiger partial charge in [0.1, 0.15) is 0 Å². The molecule has 5 nitrogen and oxygen atoms in total. The standard InChI is InChI=1S/C20H25ClN2O3/c1-4-9-20(25,10-5-2)14(3)22-19(24)18-13-17(23-26-18)12-15-7-6-8-16(21)11-15/h4-8,11,14,18,25H,1-2,9-10,12-13H2,3H3,(H,22,24)/t14-,18-/m1/s1. The van der Waals surface area contributed by atoms with Crippen LogP contribution in [-0.4, -0.2) is 34.5 Å². The van der Waals surface area contributed by atoms with Gasteiger partial charge in [-0.1, -0.05) is 41.0 Å². The average molecular weight is 377 g/mol. The van der Waals surface area contributed by atoms with Crippen LogP contribution in [0, 0.1) is 0 Å². The van der Waals surface area contributed by atoms with Gasteiger partial charge in [-0.3, -0.25) is 4.79 Å². The van der Waals surface area contributed by atoms with Crippen molar-refractivity contribution in [1.29, 1.82) is 0 Å². The van der Waals surface area contributed by atoms with E-state index in [1.807, 2.05) is 24.3 Å². The zero-order valence-electron chi connectivity index (χ0n) is 15.0. The van der Waals surface area contributed by atoms with E-state index in [0.717, 1.165) is 11.3 Å². The van der Waals surface area contributed by atoms with Crippen LogP contribution in [-0.2, 0) is 16.1 Å². The highest BCUT2D eigenvalue weighted by atomic mass is 35.5. The first kappa shape index (κ1) is 20.2. The van der Waals surface area contributed by atoms with E-state index in [1.54, 1.807) is 19.1 Å². The number of benzene rings is 1. The Labute approximate surface area is 159 Å². The summed E-state index contributed by atoms with van der Waals surface area (Å²) >= 11 is 5.99. The lowest BCUT2D eigenvalue weighted by Gasteiger charge is -2.33. The Balaban J connectivity index is 1.91. The van der Waals surface area contributed by atoms with Gasteiger partial charge in [0.25, 0.3) is 5.91 Å². The summed E-state index contributed by atoms with van der Waals surface area (Å²) in [6, 6.07) is 7.02. The zero-order valence-corrected chi connectivity index (χ0v) is 15.7. The zero-order chi connectivity index (χ0) is 19.2. The Bertz CT molecular complexity index is 692. The summed E-state index contributed by atoms with van der Waals surface area (Å²) < 4.78 is 0. The molecule has 0 fully saturated rings. The highest BCUT2D eigenvalue weighted by molar-refractivity contribution is 6.30. The van der Waals surface area contributed by atoms with Gasteiger partial charge in [-0.15, -0.1) is 13.2 Å². The first-order valence-electron chi connectivity index (χ1n) is 8.58. The van der Waals surface area contributed by atoms with E-state index in [2.05, 4.69) is 23.6 Å². The molecule has 0 saturated heterocycles. The van der Waals surface area contributed by atoms with Gasteiger partial charge < -0.3 is 15.3 Å². The molecule has 0 radical (unpaired) electrons. The number of carbonyl (C=O) groups is 1. The Morgan fingerprint density at radius 1 is 1.50 bits per heavy atom. The normalized spacial score (nSPS) is 17.8. The van der Waals surface area contributed by atoms with Crippen LogP contribution in [0.15, 0.2) is 54.7 Å². The molecule has 1 amide bonds. The number of amides is 1. The van der Waals surface area contributed by atoms with Crippen molar-refractivity contribution in [1.82, 2.24) is 5.32 Å². The third-order valence-corrected chi connectivity index (χ3v) is 4.72. The number of oxime groups is 1. The second-order valence-corrected chi connectivity index (χ2v) is 7.02. The molecule has 0 bridgehead atoms. The van der Waals surface area contributed by atoms with Gasteiger partial charge in [0.2, 0.25) is 6.10 Å². The Hall–Kier alpha value is -2.11. The fourth-order valence-corrected chi connectivity index (χ4v) is 3.14. The van der Waals surface area contributed by atoms with Crippen molar-refractivity contribution in [3.63, 3.8) is 0 Å². The summed E-state index contributed by atoms with van der Waals surface area (Å²) in [6.07, 6.45) is 4.26. The number of nitrogens with one attached hydrogen (secondary N) is 1. The maximum Gasteiger partial charge on any atom is 0.264 e. The number of nitrogens with zero attached hydrogens (tertiary/aromatic N) is 1. The number of rotatable bonds is 9. The SMILES string of the molecule is C=CCC(O)(CC=C)[C@@H](C)NC(=O)[C@H]1CC(Cc2cccc(Cl)c2)=NO1. The summed E-state index contributed by atoms with van der Waals surface area (Å²) in [6.45, 7) is 9.08. The molecule has 1 aromatic rings. The molecule has 0 saturated carbocycles. The molecule has 0 aliphatic carbocycles. The highest BCUT2D eigenvalue weighted by Crippen LogP contribution is 2.22. The molecule has 0 aromatic heterocycles. The first-order valence-corrected chi connectivity index (χ1v) is 8.96. The summed E-state index contributed by atoms with van der Waals surface area (Å²) in [5.41, 5.74) is 0.676. The molecular weight excluding hydrogens is 352 g/mol. The van der Waals surface area contributed by atoms with Crippen molar-refractivity contribution in [2.24, 2.45) is 5.16 Å². The fraction of sp³-hybridized carbons (Fsp3) is 0.400. The molecule has 1 heterocycles. The van der Waals surface area contributed by atoms with Crippen molar-refractivity contribution in [3.05, 3.63) is 60.2 Å². The molecular formula is C20H25ClN2O3. The van der Waals surface area contributed by atoms with Gasteiger partial charge in [0, 0.05) is 17.9 Å². The molecule has 1 aliphatic rings. The lowest BCUT2D eigenvalue weighted by Crippen LogP contribution is -2.52. The molecule has 0 spiro atoms. The lowest BCUT2D eigenvalue weighted by molar-refractivity contribution is -0.134. The Morgan fingerprint density at radius 2 is 2.19 bits per heavy atom. The molecule has 2 rings (SSSR count). The van der Waals surface area contributed by atoms with Crippen LogP contribution >= 0.6 is 11.6 Å². The van der Waals surface area contributed by atoms with Crippen molar-refractivity contribution in [2.75, 3.05) is 0 Å².